The Labute approximate surface area is 174 Å². The highest BCUT2D eigenvalue weighted by atomic mass is 16.5. The zero-order valence-corrected chi connectivity index (χ0v) is 17.9. The van der Waals surface area contributed by atoms with Crippen LogP contribution in [0.1, 0.15) is 54.2 Å². The topological polar surface area (TPSA) is 58.6 Å². The molecule has 1 unspecified atom stereocenters. The lowest BCUT2D eigenvalue weighted by molar-refractivity contribution is -0.121. The van der Waals surface area contributed by atoms with E-state index in [9.17, 15) is 9.59 Å². The van der Waals surface area contributed by atoms with Gasteiger partial charge in [-0.05, 0) is 49.8 Å². The molecular formula is C24H32N2O3. The minimum Gasteiger partial charge on any atom is -0.497 e. The van der Waals surface area contributed by atoms with Gasteiger partial charge < -0.3 is 10.1 Å². The van der Waals surface area contributed by atoms with Crippen LogP contribution in [0.25, 0.3) is 0 Å². The molecule has 0 saturated carbocycles. The molecule has 1 atom stereocenters. The van der Waals surface area contributed by atoms with Crippen LogP contribution in [0.3, 0.4) is 0 Å². The maximum atomic E-state index is 12.4. The molecule has 2 rings (SSSR count). The van der Waals surface area contributed by atoms with Gasteiger partial charge in [-0.1, -0.05) is 43.7 Å². The number of ketones is 1. The third-order valence-electron chi connectivity index (χ3n) is 5.20. The molecule has 156 valence electrons. The molecule has 1 amide bonds. The number of nitrogens with one attached hydrogen (secondary N) is 1. The van der Waals surface area contributed by atoms with E-state index in [1.807, 2.05) is 0 Å². The Hall–Kier alpha value is -2.66. The van der Waals surface area contributed by atoms with Gasteiger partial charge in [-0.15, -0.1) is 0 Å². The normalized spacial score (nSPS) is 11.9. The van der Waals surface area contributed by atoms with E-state index in [1.165, 1.54) is 11.1 Å². The van der Waals surface area contributed by atoms with Crippen molar-refractivity contribution in [2.45, 2.75) is 39.7 Å². The summed E-state index contributed by atoms with van der Waals surface area (Å²) in [4.78, 5) is 27.0. The van der Waals surface area contributed by atoms with Crippen LogP contribution in [0.2, 0.25) is 0 Å². The number of hydrogen-bond donors (Lipinski definition) is 1. The lowest BCUT2D eigenvalue weighted by atomic mass is 10.0. The number of nitrogens with zero attached hydrogens (tertiary/aromatic N) is 1. The predicted octanol–water partition coefficient (Wildman–Crippen LogP) is 4.17. The molecule has 5 heteroatoms. The molecule has 29 heavy (non-hydrogen) atoms. The molecular weight excluding hydrogens is 364 g/mol. The quantitative estimate of drug-likeness (QED) is 0.579. The molecule has 0 bridgehead atoms. The van der Waals surface area contributed by atoms with Crippen molar-refractivity contribution in [1.82, 2.24) is 10.2 Å². The van der Waals surface area contributed by atoms with E-state index in [0.717, 1.165) is 13.1 Å². The second-order valence-corrected chi connectivity index (χ2v) is 7.10. The summed E-state index contributed by atoms with van der Waals surface area (Å²) in [7, 11) is 1.59. The van der Waals surface area contributed by atoms with E-state index in [0.29, 0.717) is 17.9 Å². The first-order valence-electron chi connectivity index (χ1n) is 10.2. The van der Waals surface area contributed by atoms with Crippen LogP contribution in [0, 0.1) is 6.92 Å². The number of methoxy groups -OCH3 is 1. The summed E-state index contributed by atoms with van der Waals surface area (Å²) in [5.74, 6) is 0.565. The monoisotopic (exact) mass is 396 g/mol. The van der Waals surface area contributed by atoms with Gasteiger partial charge in [0.2, 0.25) is 5.91 Å². The van der Waals surface area contributed by atoms with Gasteiger partial charge in [-0.25, -0.2) is 0 Å². The molecule has 0 radical (unpaired) electrons. The van der Waals surface area contributed by atoms with Crippen molar-refractivity contribution in [2.75, 3.05) is 26.7 Å². The summed E-state index contributed by atoms with van der Waals surface area (Å²) in [5, 5.41) is 3.02. The number of aryl methyl sites for hydroxylation is 1. The third-order valence-corrected chi connectivity index (χ3v) is 5.20. The molecule has 0 aromatic heterocycles. The van der Waals surface area contributed by atoms with Crippen LogP contribution in [-0.2, 0) is 4.79 Å². The van der Waals surface area contributed by atoms with Gasteiger partial charge in [-0.3, -0.25) is 14.5 Å². The lowest BCUT2D eigenvalue weighted by Gasteiger charge is -2.30. The fourth-order valence-electron chi connectivity index (χ4n) is 3.36. The number of benzene rings is 2. The Balaban J connectivity index is 1.91. The van der Waals surface area contributed by atoms with Crippen LogP contribution in [0.4, 0.5) is 0 Å². The zero-order valence-electron chi connectivity index (χ0n) is 17.9. The van der Waals surface area contributed by atoms with Crippen molar-refractivity contribution in [3.8, 4) is 5.75 Å². The highest BCUT2D eigenvalue weighted by Gasteiger charge is 2.19. The zero-order chi connectivity index (χ0) is 21.2. The first-order chi connectivity index (χ1) is 14.0. The van der Waals surface area contributed by atoms with Crippen molar-refractivity contribution in [1.29, 1.82) is 0 Å². The van der Waals surface area contributed by atoms with Gasteiger partial charge in [0.05, 0.1) is 13.2 Å². The van der Waals surface area contributed by atoms with Crippen molar-refractivity contribution in [2.24, 2.45) is 0 Å². The van der Waals surface area contributed by atoms with Gasteiger partial charge in [0.15, 0.2) is 5.78 Å². The summed E-state index contributed by atoms with van der Waals surface area (Å²) >= 11 is 0. The lowest BCUT2D eigenvalue weighted by Crippen LogP contribution is -2.38. The smallest absolute Gasteiger partial charge is 0.220 e. The van der Waals surface area contributed by atoms with E-state index in [4.69, 9.17) is 4.74 Å². The summed E-state index contributed by atoms with van der Waals surface area (Å²) in [6.45, 7) is 8.65. The Morgan fingerprint density at radius 3 is 2.14 bits per heavy atom. The molecule has 0 heterocycles. The maximum Gasteiger partial charge on any atom is 0.220 e. The molecule has 2 aromatic carbocycles. The number of carbonyl (C=O) groups excluding carboxylic acids is 2. The van der Waals surface area contributed by atoms with Crippen LogP contribution in [0.15, 0.2) is 48.5 Å². The molecule has 0 aliphatic heterocycles. The molecule has 0 saturated heterocycles. The average molecular weight is 397 g/mol. The predicted molar refractivity (Wildman–Crippen MR) is 116 cm³/mol. The number of ether oxygens (including phenoxy) is 1. The largest absolute Gasteiger partial charge is 0.497 e. The van der Waals surface area contributed by atoms with Gasteiger partial charge >= 0.3 is 0 Å². The molecule has 0 fully saturated rings. The first-order valence-corrected chi connectivity index (χ1v) is 10.2. The summed E-state index contributed by atoms with van der Waals surface area (Å²) in [6, 6.07) is 15.5. The maximum absolute atomic E-state index is 12.4. The number of carbonyl (C=O) groups is 2. The van der Waals surface area contributed by atoms with Gasteiger partial charge in [0.1, 0.15) is 5.75 Å². The molecule has 5 nitrogen and oxygen atoms in total. The number of amides is 1. The standard InChI is InChI=1S/C24H32N2O3/c1-5-26(6-2)22(19-9-7-18(3)8-10-19)17-25-24(28)16-15-23(27)20-11-13-21(29-4)14-12-20/h7-14,22H,5-6,15-17H2,1-4H3,(H,25,28). The first kappa shape index (κ1) is 22.6. The SMILES string of the molecule is CCN(CC)C(CNC(=O)CCC(=O)c1ccc(OC)cc1)c1ccc(C)cc1. The second-order valence-electron chi connectivity index (χ2n) is 7.10. The Morgan fingerprint density at radius 2 is 1.59 bits per heavy atom. The van der Waals surface area contributed by atoms with Gasteiger partial charge in [0, 0.05) is 24.9 Å². The highest BCUT2D eigenvalue weighted by molar-refractivity contribution is 5.98. The molecule has 1 N–H and O–H groups in total. The highest BCUT2D eigenvalue weighted by Crippen LogP contribution is 2.20. The van der Waals surface area contributed by atoms with Crippen LogP contribution in [-0.4, -0.2) is 43.3 Å². The molecule has 2 aromatic rings. The van der Waals surface area contributed by atoms with Crippen molar-refractivity contribution in [3.63, 3.8) is 0 Å². The number of Topliss-reactive ketones (excluding diaryl/α,β-unsaturated/α-hetero) is 1. The Bertz CT molecular complexity index is 781. The van der Waals surface area contributed by atoms with Crippen LogP contribution >= 0.6 is 0 Å². The molecule has 0 aliphatic rings. The number of hydrogen-bond acceptors (Lipinski definition) is 4. The summed E-state index contributed by atoms with van der Waals surface area (Å²) in [5.41, 5.74) is 3.00. The minimum atomic E-state index is -0.101. The van der Waals surface area contributed by atoms with E-state index in [2.05, 4.69) is 55.3 Å². The summed E-state index contributed by atoms with van der Waals surface area (Å²) in [6.07, 6.45) is 0.377. The third kappa shape index (κ3) is 6.71. The van der Waals surface area contributed by atoms with Gasteiger partial charge in [-0.2, -0.15) is 0 Å². The van der Waals surface area contributed by atoms with E-state index in [1.54, 1.807) is 31.4 Å². The Morgan fingerprint density at radius 1 is 0.966 bits per heavy atom. The number of likely N-dealkylation sites (N-methyl/N-ethyl adjacent to an activating group) is 1. The van der Waals surface area contributed by atoms with E-state index in [-0.39, 0.29) is 30.6 Å². The van der Waals surface area contributed by atoms with Crippen molar-refractivity contribution in [3.05, 3.63) is 65.2 Å². The number of rotatable bonds is 11. The van der Waals surface area contributed by atoms with Crippen LogP contribution in [0.5, 0.6) is 5.75 Å². The average Bonchev–Trinajstić information content (AvgIpc) is 2.75. The fraction of sp³-hybridized carbons (Fsp3) is 0.417. The van der Waals surface area contributed by atoms with Crippen molar-refractivity contribution >= 4 is 11.7 Å². The van der Waals surface area contributed by atoms with Gasteiger partial charge in [0.25, 0.3) is 0 Å². The second kappa shape index (κ2) is 11.4. The van der Waals surface area contributed by atoms with Crippen molar-refractivity contribution < 1.29 is 14.3 Å². The molecule has 0 aliphatic carbocycles. The van der Waals surface area contributed by atoms with E-state index < -0.39 is 0 Å². The Kier molecular flexibility index (Phi) is 8.87. The fourth-order valence-corrected chi connectivity index (χ4v) is 3.36. The minimum absolute atomic E-state index is 0.0402. The van der Waals surface area contributed by atoms with E-state index >= 15 is 0 Å². The van der Waals surface area contributed by atoms with Crippen LogP contribution < -0.4 is 10.1 Å². The molecule has 0 spiro atoms. The summed E-state index contributed by atoms with van der Waals surface area (Å²) < 4.78 is 5.10.